The van der Waals surface area contributed by atoms with Crippen LogP contribution in [0.3, 0.4) is 0 Å². The number of nitrogens with one attached hydrogen (secondary N) is 2. The van der Waals surface area contributed by atoms with Crippen molar-refractivity contribution >= 4 is 18.3 Å². The maximum atomic E-state index is 5.48. The minimum atomic E-state index is -1.71. The van der Waals surface area contributed by atoms with Crippen molar-refractivity contribution in [2.75, 3.05) is 13.1 Å². The first-order valence-corrected chi connectivity index (χ1v) is 4.97. The van der Waals surface area contributed by atoms with Crippen LogP contribution < -0.4 is 15.7 Å². The Balaban J connectivity index is 2.57. The van der Waals surface area contributed by atoms with E-state index >= 15 is 0 Å². The van der Waals surface area contributed by atoms with Gasteiger partial charge < -0.3 is 0 Å². The van der Waals surface area contributed by atoms with Gasteiger partial charge in [0, 0.05) is 13.1 Å². The molecule has 0 aromatic carbocycles. The highest BCUT2D eigenvalue weighted by molar-refractivity contribution is 8.11. The third kappa shape index (κ3) is 1.48. The van der Waals surface area contributed by atoms with Gasteiger partial charge in [-0.25, -0.2) is 0 Å². The summed E-state index contributed by atoms with van der Waals surface area (Å²) in [6.07, 6.45) is 0. The summed E-state index contributed by atoms with van der Waals surface area (Å²) < 4.78 is 0. The molecule has 1 aliphatic rings. The molecule has 0 atom stereocenters. The fraction of sp³-hybridized carbons (Fsp3) is 1.00. The van der Waals surface area contributed by atoms with Gasteiger partial charge in [0.1, 0.15) is 6.49 Å². The summed E-state index contributed by atoms with van der Waals surface area (Å²) >= 11 is 4.88. The minimum absolute atomic E-state index is 0.924. The lowest BCUT2D eigenvalue weighted by Gasteiger charge is -2.05. The van der Waals surface area contributed by atoms with E-state index in [0.29, 0.717) is 0 Å². The average molecular weight is 137 g/mol. The Labute approximate surface area is 47.8 Å². The van der Waals surface area contributed by atoms with E-state index in [9.17, 15) is 0 Å². The van der Waals surface area contributed by atoms with Crippen molar-refractivity contribution < 1.29 is 0 Å². The Kier molecular flexibility index (Phi) is 1.46. The molecule has 1 aliphatic heterocycles. The number of hydrogen-bond acceptors (Lipinski definition) is 1. The molecule has 0 unspecified atom stereocenters. The van der Waals surface area contributed by atoms with Crippen LogP contribution in [0.5, 0.6) is 0 Å². The largest absolute Gasteiger partial charge is 0.279 e. The Hall–Kier alpha value is 0.530. The van der Waals surface area contributed by atoms with E-state index in [1.165, 1.54) is 0 Å². The van der Waals surface area contributed by atoms with E-state index in [2.05, 4.69) is 10.2 Å². The van der Waals surface area contributed by atoms with Crippen LogP contribution in [0.1, 0.15) is 0 Å². The second-order valence-electron chi connectivity index (χ2n) is 1.47. The third-order valence-corrected chi connectivity index (χ3v) is 2.98. The lowest BCUT2D eigenvalue weighted by atomic mass is 10.7. The second kappa shape index (κ2) is 1.80. The number of hydrogen-bond donors (Lipinski definition) is 3. The number of nitrogens with two attached hydrogens (primary N) is 1. The van der Waals surface area contributed by atoms with E-state index < -0.39 is 6.49 Å². The monoisotopic (exact) mass is 137 g/mol. The standard InChI is InChI=1S/C2H8N3PS/c3-6(7)4-1-2-5-6/h1-2H2,(H4,3,4,5,7). The molecule has 4 N–H and O–H groups in total. The van der Waals surface area contributed by atoms with Crippen LogP contribution in [-0.2, 0) is 11.8 Å². The summed E-state index contributed by atoms with van der Waals surface area (Å²) in [6.45, 7) is 0.139. The van der Waals surface area contributed by atoms with Crippen LogP contribution in [0.15, 0.2) is 0 Å². The molecule has 0 radical (unpaired) electrons. The van der Waals surface area contributed by atoms with Gasteiger partial charge >= 0.3 is 0 Å². The zero-order chi connectivity index (χ0) is 5.33. The van der Waals surface area contributed by atoms with Crippen LogP contribution in [0.4, 0.5) is 0 Å². The average Bonchev–Trinajstić information content (AvgIpc) is 1.84. The third-order valence-electron chi connectivity index (χ3n) is 0.818. The molecule has 0 aliphatic carbocycles. The van der Waals surface area contributed by atoms with Crippen LogP contribution >= 0.6 is 6.49 Å². The Morgan fingerprint density at radius 3 is 2.00 bits per heavy atom. The number of rotatable bonds is 0. The zero-order valence-corrected chi connectivity index (χ0v) is 5.56. The molecule has 42 valence electrons. The highest BCUT2D eigenvalue weighted by Gasteiger charge is 2.13. The van der Waals surface area contributed by atoms with E-state index in [4.69, 9.17) is 17.3 Å². The summed E-state index contributed by atoms with van der Waals surface area (Å²) in [4.78, 5) is 0. The van der Waals surface area contributed by atoms with Crippen molar-refractivity contribution in [3.05, 3.63) is 0 Å². The molecular weight excluding hydrogens is 129 g/mol. The Morgan fingerprint density at radius 2 is 1.86 bits per heavy atom. The highest BCUT2D eigenvalue weighted by Crippen LogP contribution is 2.26. The molecule has 0 amide bonds. The molecule has 0 spiro atoms. The molecule has 0 saturated carbocycles. The maximum Gasteiger partial charge on any atom is 0.135 e. The van der Waals surface area contributed by atoms with E-state index in [1.54, 1.807) is 0 Å². The van der Waals surface area contributed by atoms with Crippen molar-refractivity contribution in [2.45, 2.75) is 0 Å². The first-order valence-electron chi connectivity index (χ1n) is 2.10. The molecule has 0 aromatic heterocycles. The molecule has 0 aromatic rings. The molecule has 1 rings (SSSR count). The molecule has 1 saturated heterocycles. The maximum absolute atomic E-state index is 5.48. The Bertz CT molecular complexity index is 104. The van der Waals surface area contributed by atoms with Crippen LogP contribution in [0.2, 0.25) is 0 Å². The molecule has 3 nitrogen and oxygen atoms in total. The van der Waals surface area contributed by atoms with E-state index in [0.717, 1.165) is 13.1 Å². The zero-order valence-electron chi connectivity index (χ0n) is 3.85. The summed E-state index contributed by atoms with van der Waals surface area (Å²) in [7, 11) is 0. The smallest absolute Gasteiger partial charge is 0.135 e. The molecule has 1 heterocycles. The summed E-state index contributed by atoms with van der Waals surface area (Å²) in [5.74, 6) is 0. The molecule has 0 bridgehead atoms. The van der Waals surface area contributed by atoms with Gasteiger partial charge in [0.05, 0.1) is 0 Å². The predicted molar refractivity (Wildman–Crippen MR) is 34.5 cm³/mol. The predicted octanol–water partition coefficient (Wildman–Crippen LogP) is -0.638. The van der Waals surface area contributed by atoms with Gasteiger partial charge in [-0.05, 0) is 11.8 Å². The fourth-order valence-electron chi connectivity index (χ4n) is 0.500. The van der Waals surface area contributed by atoms with Crippen LogP contribution in [0.25, 0.3) is 0 Å². The van der Waals surface area contributed by atoms with Crippen LogP contribution in [0, 0.1) is 0 Å². The quantitative estimate of drug-likeness (QED) is 0.389. The van der Waals surface area contributed by atoms with Crippen LogP contribution in [-0.4, -0.2) is 13.1 Å². The molecular formula is C2H8N3PS. The minimum Gasteiger partial charge on any atom is -0.279 e. The lowest BCUT2D eigenvalue weighted by Crippen LogP contribution is -2.13. The van der Waals surface area contributed by atoms with Gasteiger partial charge in [-0.3, -0.25) is 15.7 Å². The first kappa shape index (κ1) is 5.66. The normalized spacial score (nSPS) is 28.1. The summed E-state index contributed by atoms with van der Waals surface area (Å²) in [5, 5.41) is 5.98. The van der Waals surface area contributed by atoms with Gasteiger partial charge in [-0.15, -0.1) is 0 Å². The molecule has 7 heavy (non-hydrogen) atoms. The Morgan fingerprint density at radius 1 is 1.43 bits per heavy atom. The molecule has 5 heteroatoms. The van der Waals surface area contributed by atoms with Gasteiger partial charge in [-0.2, -0.15) is 0 Å². The van der Waals surface area contributed by atoms with Crippen molar-refractivity contribution in [2.24, 2.45) is 5.50 Å². The first-order chi connectivity index (χ1) is 3.21. The van der Waals surface area contributed by atoms with E-state index in [1.807, 2.05) is 0 Å². The van der Waals surface area contributed by atoms with Gasteiger partial charge in [-0.1, -0.05) is 0 Å². The highest BCUT2D eigenvalue weighted by atomic mass is 32.4. The van der Waals surface area contributed by atoms with Gasteiger partial charge in [0.25, 0.3) is 0 Å². The molecule has 1 fully saturated rings. The topological polar surface area (TPSA) is 50.1 Å². The lowest BCUT2D eigenvalue weighted by molar-refractivity contribution is 0.942. The SMILES string of the molecule is NP1(=S)NCCN1. The van der Waals surface area contributed by atoms with Crippen molar-refractivity contribution in [3.63, 3.8) is 0 Å². The second-order valence-corrected chi connectivity index (χ2v) is 5.15. The summed E-state index contributed by atoms with van der Waals surface area (Å²) in [6, 6.07) is 0. The van der Waals surface area contributed by atoms with Gasteiger partial charge in [0.15, 0.2) is 0 Å². The van der Waals surface area contributed by atoms with Crippen molar-refractivity contribution in [3.8, 4) is 0 Å². The van der Waals surface area contributed by atoms with Crippen molar-refractivity contribution in [1.82, 2.24) is 10.2 Å². The fourth-order valence-corrected chi connectivity index (χ4v) is 2.05. The van der Waals surface area contributed by atoms with Gasteiger partial charge in [0.2, 0.25) is 0 Å². The summed E-state index contributed by atoms with van der Waals surface area (Å²) in [5.41, 5.74) is 5.48. The van der Waals surface area contributed by atoms with E-state index in [-0.39, 0.29) is 0 Å². The van der Waals surface area contributed by atoms with Crippen molar-refractivity contribution in [1.29, 1.82) is 0 Å².